The normalized spacial score (nSPS) is 28.3. The smallest absolute Gasteiger partial charge is 0.522 e. The summed E-state index contributed by atoms with van der Waals surface area (Å²) >= 11 is 0. The van der Waals surface area contributed by atoms with E-state index in [1.54, 1.807) is 0 Å². The van der Waals surface area contributed by atoms with Crippen LogP contribution in [0, 0.1) is 10.8 Å². The number of likely N-dealkylation sites (tertiary alicyclic amines) is 1. The molecule has 1 fully saturated rings. The Morgan fingerprint density at radius 2 is 1.74 bits per heavy atom. The van der Waals surface area contributed by atoms with Gasteiger partial charge in [0.25, 0.3) is 0 Å². The van der Waals surface area contributed by atoms with E-state index >= 15 is 0 Å². The van der Waals surface area contributed by atoms with E-state index in [-0.39, 0.29) is 17.9 Å². The van der Waals surface area contributed by atoms with Crippen LogP contribution in [-0.2, 0) is 9.31 Å². The molecule has 0 N–H and O–H groups in total. The zero-order valence-corrected chi connectivity index (χ0v) is 14.9. The van der Waals surface area contributed by atoms with Crippen LogP contribution in [0.15, 0.2) is 34.8 Å². The van der Waals surface area contributed by atoms with Gasteiger partial charge < -0.3 is 14.2 Å². The first-order valence-electron chi connectivity index (χ1n) is 9.14. The van der Waals surface area contributed by atoms with Crippen LogP contribution in [0.4, 0.5) is 0 Å². The maximum atomic E-state index is 6.41. The Labute approximate surface area is 140 Å². The van der Waals surface area contributed by atoms with E-state index in [9.17, 15) is 0 Å². The summed E-state index contributed by atoms with van der Waals surface area (Å²) in [4.78, 5) is 2.57. The summed E-state index contributed by atoms with van der Waals surface area (Å²) in [7, 11) is -0.198. The van der Waals surface area contributed by atoms with Gasteiger partial charge in [-0.3, -0.25) is 0 Å². The first kappa shape index (κ1) is 15.2. The molecule has 2 aliphatic heterocycles. The van der Waals surface area contributed by atoms with Gasteiger partial charge in [-0.25, -0.2) is 0 Å². The van der Waals surface area contributed by atoms with Crippen molar-refractivity contribution < 1.29 is 9.31 Å². The molecule has 0 atom stereocenters. The van der Waals surface area contributed by atoms with E-state index in [2.05, 4.69) is 44.7 Å². The summed E-state index contributed by atoms with van der Waals surface area (Å²) in [6.07, 6.45) is 10.6. The minimum absolute atomic E-state index is 0.0429. The Morgan fingerprint density at radius 1 is 1.00 bits per heavy atom. The SMILES string of the molecule is CC1(C)C=CC2=C(OB(C3=C(N4CCCC4)CCC3)O2)C1(C)C. The van der Waals surface area contributed by atoms with E-state index in [0.29, 0.717) is 0 Å². The molecule has 0 aromatic carbocycles. The van der Waals surface area contributed by atoms with E-state index in [4.69, 9.17) is 9.31 Å². The molecule has 0 unspecified atom stereocenters. The van der Waals surface area contributed by atoms with Crippen molar-refractivity contribution in [3.05, 3.63) is 34.8 Å². The van der Waals surface area contributed by atoms with Crippen molar-refractivity contribution in [2.75, 3.05) is 13.1 Å². The van der Waals surface area contributed by atoms with Crippen molar-refractivity contribution in [3.8, 4) is 0 Å². The molecule has 0 spiro atoms. The summed E-state index contributed by atoms with van der Waals surface area (Å²) in [6, 6.07) is 0. The summed E-state index contributed by atoms with van der Waals surface area (Å²) in [5, 5.41) is 0. The van der Waals surface area contributed by atoms with Crippen molar-refractivity contribution in [1.29, 1.82) is 0 Å². The average molecular weight is 313 g/mol. The molecule has 1 saturated heterocycles. The van der Waals surface area contributed by atoms with Crippen LogP contribution in [-0.4, -0.2) is 25.1 Å². The molecule has 0 aromatic heterocycles. The Bertz CT molecular complexity index is 609. The zero-order valence-electron chi connectivity index (χ0n) is 14.9. The lowest BCUT2D eigenvalue weighted by Gasteiger charge is -2.41. The topological polar surface area (TPSA) is 21.7 Å². The van der Waals surface area contributed by atoms with Gasteiger partial charge in [-0.05, 0) is 43.6 Å². The Hall–Kier alpha value is -1.32. The third-order valence-corrected chi connectivity index (χ3v) is 6.52. The van der Waals surface area contributed by atoms with Gasteiger partial charge >= 0.3 is 7.12 Å². The van der Waals surface area contributed by atoms with Crippen molar-refractivity contribution in [2.45, 2.75) is 59.8 Å². The van der Waals surface area contributed by atoms with Crippen molar-refractivity contribution in [3.63, 3.8) is 0 Å². The van der Waals surface area contributed by atoms with Gasteiger partial charge in [0.2, 0.25) is 0 Å². The molecule has 4 rings (SSSR count). The lowest BCUT2D eigenvalue weighted by atomic mass is 9.64. The van der Waals surface area contributed by atoms with Crippen molar-refractivity contribution in [1.82, 2.24) is 4.90 Å². The summed E-state index contributed by atoms with van der Waals surface area (Å²) in [6.45, 7) is 11.5. The maximum absolute atomic E-state index is 6.41. The second-order valence-electron chi connectivity index (χ2n) is 8.46. The van der Waals surface area contributed by atoms with Crippen LogP contribution in [0.5, 0.6) is 0 Å². The molecule has 23 heavy (non-hydrogen) atoms. The van der Waals surface area contributed by atoms with Crippen LogP contribution < -0.4 is 0 Å². The fraction of sp³-hybridized carbons (Fsp3) is 0.684. The summed E-state index contributed by atoms with van der Waals surface area (Å²) in [5.41, 5.74) is 2.93. The van der Waals surface area contributed by atoms with Gasteiger partial charge in [-0.15, -0.1) is 0 Å². The molecular formula is C19H28BNO2. The van der Waals surface area contributed by atoms with E-state index < -0.39 is 0 Å². The Kier molecular flexibility index (Phi) is 3.37. The maximum Gasteiger partial charge on any atom is 0.630 e. The number of nitrogens with zero attached hydrogens (tertiary/aromatic N) is 1. The second kappa shape index (κ2) is 5.09. The molecule has 0 saturated carbocycles. The molecule has 0 bridgehead atoms. The van der Waals surface area contributed by atoms with E-state index in [1.807, 2.05) is 0 Å². The Morgan fingerprint density at radius 3 is 2.48 bits per heavy atom. The third kappa shape index (κ3) is 2.25. The Balaban J connectivity index is 1.60. The molecule has 0 radical (unpaired) electrons. The molecule has 0 aromatic rings. The predicted octanol–water partition coefficient (Wildman–Crippen LogP) is 4.43. The standard InChI is InChI=1S/C19H28BNO2/c1-18(2)11-10-16-17(19(18,3)4)23-20(22-16)14-8-7-9-15(14)21-12-5-6-13-21/h10-11H,5-9,12-13H2,1-4H3. The van der Waals surface area contributed by atoms with Gasteiger partial charge in [-0.1, -0.05) is 33.8 Å². The highest BCUT2D eigenvalue weighted by atomic mass is 16.6. The number of allylic oxidation sites excluding steroid dienone is 5. The monoisotopic (exact) mass is 313 g/mol. The van der Waals surface area contributed by atoms with Gasteiger partial charge in [0.15, 0.2) is 0 Å². The molecule has 124 valence electrons. The first-order chi connectivity index (χ1) is 10.9. The van der Waals surface area contributed by atoms with Gasteiger partial charge in [0.05, 0.1) is 0 Å². The van der Waals surface area contributed by atoms with E-state index in [0.717, 1.165) is 17.9 Å². The molecular weight excluding hydrogens is 285 g/mol. The lowest BCUT2D eigenvalue weighted by molar-refractivity contribution is 0.147. The minimum atomic E-state index is -0.198. The fourth-order valence-corrected chi connectivity index (χ4v) is 4.21. The third-order valence-electron chi connectivity index (χ3n) is 6.52. The lowest BCUT2D eigenvalue weighted by Crippen LogP contribution is -2.36. The first-order valence-corrected chi connectivity index (χ1v) is 9.14. The van der Waals surface area contributed by atoms with Crippen LogP contribution in [0.25, 0.3) is 0 Å². The van der Waals surface area contributed by atoms with Crippen molar-refractivity contribution >= 4 is 7.12 Å². The molecule has 2 aliphatic carbocycles. The summed E-state index contributed by atoms with van der Waals surface area (Å²) in [5.74, 6) is 1.98. The van der Waals surface area contributed by atoms with Crippen LogP contribution >= 0.6 is 0 Å². The number of hydrogen-bond donors (Lipinski definition) is 0. The van der Waals surface area contributed by atoms with Gasteiger partial charge in [-0.2, -0.15) is 0 Å². The molecule has 4 aliphatic rings. The van der Waals surface area contributed by atoms with Crippen molar-refractivity contribution in [2.24, 2.45) is 10.8 Å². The highest BCUT2D eigenvalue weighted by molar-refractivity contribution is 6.55. The van der Waals surface area contributed by atoms with Gasteiger partial charge in [0, 0.05) is 29.7 Å². The van der Waals surface area contributed by atoms with Crippen LogP contribution in [0.2, 0.25) is 0 Å². The second-order valence-corrected chi connectivity index (χ2v) is 8.46. The van der Waals surface area contributed by atoms with Gasteiger partial charge in [0.1, 0.15) is 11.5 Å². The molecule has 4 heteroatoms. The largest absolute Gasteiger partial charge is 0.630 e. The number of rotatable bonds is 2. The quantitative estimate of drug-likeness (QED) is 0.704. The fourth-order valence-electron chi connectivity index (χ4n) is 4.21. The highest BCUT2D eigenvalue weighted by Crippen LogP contribution is 2.53. The summed E-state index contributed by atoms with van der Waals surface area (Å²) < 4.78 is 12.7. The number of hydrogen-bond acceptors (Lipinski definition) is 3. The average Bonchev–Trinajstić information content (AvgIpc) is 3.21. The van der Waals surface area contributed by atoms with Crippen LogP contribution in [0.3, 0.4) is 0 Å². The van der Waals surface area contributed by atoms with Crippen LogP contribution in [0.1, 0.15) is 59.8 Å². The zero-order chi connectivity index (χ0) is 16.2. The molecule has 2 heterocycles. The van der Waals surface area contributed by atoms with E-state index in [1.165, 1.54) is 49.9 Å². The molecule has 0 amide bonds. The minimum Gasteiger partial charge on any atom is -0.522 e. The predicted molar refractivity (Wildman–Crippen MR) is 93.3 cm³/mol. The molecule has 3 nitrogen and oxygen atoms in total. The highest BCUT2D eigenvalue weighted by Gasteiger charge is 2.51.